The smallest absolute Gasteiger partial charge is 0.336 e. The number of anilines is 1. The summed E-state index contributed by atoms with van der Waals surface area (Å²) in [6, 6.07) is 11.3. The molecule has 0 spiro atoms. The summed E-state index contributed by atoms with van der Waals surface area (Å²) >= 11 is 0.490. The average molecular weight is 363 g/mol. The van der Waals surface area contributed by atoms with Crippen LogP contribution in [0.1, 0.15) is 11.1 Å². The molecule has 2 aromatic carbocycles. The van der Waals surface area contributed by atoms with Gasteiger partial charge < -0.3 is 14.8 Å². The van der Waals surface area contributed by atoms with Gasteiger partial charge in [0.2, 0.25) is 0 Å². The van der Waals surface area contributed by atoms with E-state index < -0.39 is 11.4 Å². The molecule has 3 aromatic rings. The summed E-state index contributed by atoms with van der Waals surface area (Å²) in [6.07, 6.45) is 0. The van der Waals surface area contributed by atoms with Crippen molar-refractivity contribution in [1.82, 2.24) is 0 Å². The third-order valence-electron chi connectivity index (χ3n) is 3.78. The number of phenolic OH excluding ortho intramolecular Hbond substituents is 1. The highest BCUT2D eigenvalue weighted by Crippen LogP contribution is 2.28. The lowest BCUT2D eigenvalue weighted by Crippen LogP contribution is -2.06. The van der Waals surface area contributed by atoms with Gasteiger partial charge >= 0.3 is 5.63 Å². The molecule has 0 unspecified atom stereocenters. The molecule has 4 nitrogen and oxygen atoms in total. The predicted molar refractivity (Wildman–Crippen MR) is 94.5 cm³/mol. The van der Waals surface area contributed by atoms with Gasteiger partial charge in [-0.15, -0.1) is 0 Å². The molecule has 25 heavy (non-hydrogen) atoms. The van der Waals surface area contributed by atoms with Crippen LogP contribution >= 0.6 is 11.8 Å². The summed E-state index contributed by atoms with van der Waals surface area (Å²) < 4.78 is 29.9. The number of benzene rings is 2. The molecule has 0 saturated carbocycles. The van der Waals surface area contributed by atoms with Gasteiger partial charge in [-0.3, -0.25) is 0 Å². The van der Waals surface area contributed by atoms with E-state index in [9.17, 15) is 18.7 Å². The van der Waals surface area contributed by atoms with E-state index in [2.05, 4.69) is 5.32 Å². The summed E-state index contributed by atoms with van der Waals surface area (Å²) in [6.45, 7) is 2.03. The van der Waals surface area contributed by atoms with E-state index in [-0.39, 0.29) is 5.75 Å². The second kappa shape index (κ2) is 7.14. The van der Waals surface area contributed by atoms with Crippen molar-refractivity contribution in [3.8, 4) is 5.75 Å². The van der Waals surface area contributed by atoms with Gasteiger partial charge in [0, 0.05) is 34.1 Å². The van der Waals surface area contributed by atoms with Crippen LogP contribution in [-0.2, 0) is 6.54 Å². The SMILES string of the molecule is Cc1c(O)ccc2c(CNc3ccc(SC(F)F)cc3)cc(=O)oc12. The number of alkyl halides is 2. The highest BCUT2D eigenvalue weighted by molar-refractivity contribution is 7.99. The van der Waals surface area contributed by atoms with Gasteiger partial charge in [-0.05, 0) is 48.9 Å². The van der Waals surface area contributed by atoms with Crippen molar-refractivity contribution >= 4 is 28.4 Å². The summed E-state index contributed by atoms with van der Waals surface area (Å²) in [4.78, 5) is 12.3. The Morgan fingerprint density at radius 2 is 1.92 bits per heavy atom. The fourth-order valence-corrected chi connectivity index (χ4v) is 3.01. The second-order valence-electron chi connectivity index (χ2n) is 5.43. The summed E-state index contributed by atoms with van der Waals surface area (Å²) in [7, 11) is 0. The normalized spacial score (nSPS) is 11.2. The van der Waals surface area contributed by atoms with Crippen molar-refractivity contribution in [2.75, 3.05) is 5.32 Å². The van der Waals surface area contributed by atoms with Crippen LogP contribution in [0, 0.1) is 6.92 Å². The Morgan fingerprint density at radius 3 is 2.60 bits per heavy atom. The van der Waals surface area contributed by atoms with Gasteiger partial charge in [-0.2, -0.15) is 8.78 Å². The maximum absolute atomic E-state index is 12.3. The number of aryl methyl sites for hydroxylation is 1. The van der Waals surface area contributed by atoms with E-state index in [1.165, 1.54) is 6.07 Å². The molecule has 0 atom stereocenters. The highest BCUT2D eigenvalue weighted by Gasteiger charge is 2.11. The van der Waals surface area contributed by atoms with Gasteiger partial charge in [0.15, 0.2) is 0 Å². The van der Waals surface area contributed by atoms with E-state index in [0.29, 0.717) is 34.3 Å². The van der Waals surface area contributed by atoms with E-state index >= 15 is 0 Å². The van der Waals surface area contributed by atoms with Crippen LogP contribution in [0.2, 0.25) is 0 Å². The lowest BCUT2D eigenvalue weighted by Gasteiger charge is -2.11. The molecule has 0 fully saturated rings. The van der Waals surface area contributed by atoms with E-state index in [4.69, 9.17) is 4.42 Å². The van der Waals surface area contributed by atoms with E-state index in [0.717, 1.165) is 16.6 Å². The number of nitrogens with one attached hydrogen (secondary N) is 1. The third kappa shape index (κ3) is 3.93. The molecule has 130 valence electrons. The molecule has 0 amide bonds. The van der Waals surface area contributed by atoms with Crippen molar-refractivity contribution in [3.05, 3.63) is 64.0 Å². The Bertz CT molecular complexity index is 955. The van der Waals surface area contributed by atoms with E-state index in [1.54, 1.807) is 43.3 Å². The summed E-state index contributed by atoms with van der Waals surface area (Å²) in [5.74, 6) is -2.39. The van der Waals surface area contributed by atoms with E-state index in [1.807, 2.05) is 0 Å². The van der Waals surface area contributed by atoms with Gasteiger partial charge in [0.1, 0.15) is 11.3 Å². The van der Waals surface area contributed by atoms with Crippen molar-refractivity contribution in [2.45, 2.75) is 24.1 Å². The van der Waals surface area contributed by atoms with Crippen LogP contribution in [0.3, 0.4) is 0 Å². The average Bonchev–Trinajstić information content (AvgIpc) is 2.57. The number of rotatable bonds is 5. The van der Waals surface area contributed by atoms with Crippen LogP contribution < -0.4 is 10.9 Å². The fourth-order valence-electron chi connectivity index (χ4n) is 2.51. The first-order valence-corrected chi connectivity index (χ1v) is 8.36. The van der Waals surface area contributed by atoms with Gasteiger partial charge in [0.05, 0.1) is 0 Å². The van der Waals surface area contributed by atoms with Crippen molar-refractivity contribution in [1.29, 1.82) is 0 Å². The Morgan fingerprint density at radius 1 is 1.20 bits per heavy atom. The number of hydrogen-bond donors (Lipinski definition) is 2. The first-order valence-electron chi connectivity index (χ1n) is 7.48. The summed E-state index contributed by atoms with van der Waals surface area (Å²) in [5, 5.41) is 13.6. The van der Waals surface area contributed by atoms with Crippen LogP contribution in [-0.4, -0.2) is 10.9 Å². The molecule has 0 aliphatic heterocycles. The Balaban J connectivity index is 1.84. The second-order valence-corrected chi connectivity index (χ2v) is 6.50. The van der Waals surface area contributed by atoms with Crippen LogP contribution in [0.25, 0.3) is 11.0 Å². The molecular weight excluding hydrogens is 348 g/mol. The molecule has 1 aromatic heterocycles. The Hall–Kier alpha value is -2.54. The van der Waals surface area contributed by atoms with Crippen molar-refractivity contribution in [2.24, 2.45) is 0 Å². The largest absolute Gasteiger partial charge is 0.508 e. The zero-order valence-electron chi connectivity index (χ0n) is 13.3. The third-order valence-corrected chi connectivity index (χ3v) is 4.50. The van der Waals surface area contributed by atoms with Gasteiger partial charge in [-0.25, -0.2) is 4.79 Å². The molecule has 0 bridgehead atoms. The lowest BCUT2D eigenvalue weighted by atomic mass is 10.1. The monoisotopic (exact) mass is 363 g/mol. The predicted octanol–water partition coefficient (Wildman–Crippen LogP) is 4.73. The molecule has 1 heterocycles. The Labute approximate surface area is 146 Å². The van der Waals surface area contributed by atoms with Gasteiger partial charge in [0.25, 0.3) is 5.76 Å². The fraction of sp³-hybridized carbons (Fsp3) is 0.167. The minimum atomic E-state index is -2.45. The number of thioether (sulfide) groups is 1. The van der Waals surface area contributed by atoms with Crippen LogP contribution in [0.5, 0.6) is 5.75 Å². The van der Waals surface area contributed by atoms with Crippen LogP contribution in [0.4, 0.5) is 14.5 Å². The standard InChI is InChI=1S/C18H15F2NO3S/c1-10-15(22)7-6-14-11(8-16(23)24-17(10)14)9-21-12-2-4-13(5-3-12)25-18(19)20/h2-8,18,21-22H,9H2,1H3. The number of fused-ring (bicyclic) bond motifs is 1. The number of hydrogen-bond acceptors (Lipinski definition) is 5. The first kappa shape index (κ1) is 17.3. The molecule has 0 saturated heterocycles. The molecule has 0 aliphatic carbocycles. The van der Waals surface area contributed by atoms with Crippen molar-refractivity contribution in [3.63, 3.8) is 0 Å². The zero-order valence-corrected chi connectivity index (χ0v) is 14.1. The topological polar surface area (TPSA) is 62.5 Å². The quantitative estimate of drug-likeness (QED) is 0.507. The molecule has 3 rings (SSSR count). The minimum absolute atomic E-state index is 0.0629. The lowest BCUT2D eigenvalue weighted by molar-refractivity contribution is 0.252. The minimum Gasteiger partial charge on any atom is -0.508 e. The molecule has 7 heteroatoms. The molecule has 0 aliphatic rings. The number of halogens is 2. The molecule has 2 N–H and O–H groups in total. The maximum atomic E-state index is 12.3. The van der Waals surface area contributed by atoms with Gasteiger partial charge in [-0.1, -0.05) is 11.8 Å². The molecule has 0 radical (unpaired) electrons. The molecular formula is C18H15F2NO3S. The Kier molecular flexibility index (Phi) is 4.94. The van der Waals surface area contributed by atoms with Crippen LogP contribution in [0.15, 0.2) is 56.6 Å². The maximum Gasteiger partial charge on any atom is 0.336 e. The number of aromatic hydroxyl groups is 1. The first-order chi connectivity index (χ1) is 11.9. The number of phenols is 1. The highest BCUT2D eigenvalue weighted by atomic mass is 32.2. The van der Waals surface area contributed by atoms with Crippen molar-refractivity contribution < 1.29 is 18.3 Å². The zero-order chi connectivity index (χ0) is 18.0. The summed E-state index contributed by atoms with van der Waals surface area (Å²) in [5.41, 5.74) is 1.83.